The lowest BCUT2D eigenvalue weighted by atomic mass is 10.1. The molecule has 0 fully saturated rings. The van der Waals surface area contributed by atoms with E-state index < -0.39 is 5.82 Å². The van der Waals surface area contributed by atoms with Gasteiger partial charge in [-0.2, -0.15) is 0 Å². The average Bonchev–Trinajstić information content (AvgIpc) is 2.41. The summed E-state index contributed by atoms with van der Waals surface area (Å²) in [5.74, 6) is 0.766. The number of hydrogen-bond donors (Lipinski definition) is 1. The van der Waals surface area contributed by atoms with Crippen molar-refractivity contribution in [2.24, 2.45) is 0 Å². The number of nitrogens with one attached hydrogen (secondary N) is 1. The molecular weight excluding hydrogens is 281 g/mol. The summed E-state index contributed by atoms with van der Waals surface area (Å²) in [5, 5.41) is 3.31. The Morgan fingerprint density at radius 2 is 2.05 bits per heavy atom. The van der Waals surface area contributed by atoms with Gasteiger partial charge in [0.1, 0.15) is 28.9 Å². The van der Waals surface area contributed by atoms with E-state index in [1.54, 1.807) is 12.1 Å². The van der Waals surface area contributed by atoms with Gasteiger partial charge in [0.15, 0.2) is 0 Å². The van der Waals surface area contributed by atoms with Crippen LogP contribution in [0.1, 0.15) is 25.3 Å². The van der Waals surface area contributed by atoms with E-state index in [4.69, 9.17) is 16.3 Å². The predicted molar refractivity (Wildman–Crippen MR) is 77.4 cm³/mol. The fourth-order valence-corrected chi connectivity index (χ4v) is 2.19. The predicted octanol–water partition coefficient (Wildman–Crippen LogP) is 4.14. The van der Waals surface area contributed by atoms with Gasteiger partial charge in [0.2, 0.25) is 0 Å². The van der Waals surface area contributed by atoms with Crippen LogP contribution in [0.4, 0.5) is 15.9 Å². The highest BCUT2D eigenvalue weighted by Gasteiger charge is 2.15. The number of methoxy groups -OCH3 is 1. The minimum absolute atomic E-state index is 0.111. The van der Waals surface area contributed by atoms with Crippen molar-refractivity contribution in [1.29, 1.82) is 0 Å². The van der Waals surface area contributed by atoms with E-state index in [1.807, 2.05) is 13.8 Å². The number of hydrogen-bond acceptors (Lipinski definition) is 4. The molecule has 0 saturated carbocycles. The average molecular weight is 296 g/mol. The van der Waals surface area contributed by atoms with E-state index in [1.165, 1.54) is 19.5 Å². The first-order chi connectivity index (χ1) is 9.52. The highest BCUT2D eigenvalue weighted by molar-refractivity contribution is 6.30. The van der Waals surface area contributed by atoms with Gasteiger partial charge in [-0.15, -0.1) is 0 Å². The van der Waals surface area contributed by atoms with Gasteiger partial charge in [0.25, 0.3) is 0 Å². The lowest BCUT2D eigenvalue weighted by Gasteiger charge is -2.15. The smallest absolute Gasteiger partial charge is 0.146 e. The Morgan fingerprint density at radius 1 is 1.30 bits per heavy atom. The van der Waals surface area contributed by atoms with E-state index in [2.05, 4.69) is 15.3 Å². The van der Waals surface area contributed by atoms with Crippen LogP contribution in [0.2, 0.25) is 5.15 Å². The Kier molecular flexibility index (Phi) is 4.39. The molecule has 1 heterocycles. The van der Waals surface area contributed by atoms with Crippen molar-refractivity contribution >= 4 is 23.1 Å². The van der Waals surface area contributed by atoms with Gasteiger partial charge in [0, 0.05) is 11.6 Å². The molecule has 4 nitrogen and oxygen atoms in total. The second kappa shape index (κ2) is 6.05. The molecule has 1 aromatic carbocycles. The molecule has 0 spiro atoms. The first-order valence-electron chi connectivity index (χ1n) is 6.14. The number of aromatic nitrogens is 2. The maximum atomic E-state index is 13.8. The SMILES string of the molecule is COc1ccc(F)c(Nc2ncnc(Cl)c2C(C)C)c1. The van der Waals surface area contributed by atoms with Crippen molar-refractivity contribution in [3.05, 3.63) is 41.1 Å². The summed E-state index contributed by atoms with van der Waals surface area (Å²) in [5.41, 5.74) is 1.03. The summed E-state index contributed by atoms with van der Waals surface area (Å²) in [7, 11) is 1.53. The molecule has 106 valence electrons. The molecule has 0 aliphatic heterocycles. The van der Waals surface area contributed by atoms with Crippen molar-refractivity contribution in [1.82, 2.24) is 9.97 Å². The molecule has 0 aliphatic rings. The highest BCUT2D eigenvalue weighted by Crippen LogP contribution is 2.31. The van der Waals surface area contributed by atoms with Gasteiger partial charge in [-0.05, 0) is 18.1 Å². The third-order valence-electron chi connectivity index (χ3n) is 2.84. The van der Waals surface area contributed by atoms with Gasteiger partial charge in [-0.3, -0.25) is 0 Å². The van der Waals surface area contributed by atoms with Gasteiger partial charge in [-0.25, -0.2) is 14.4 Å². The molecule has 0 aliphatic carbocycles. The lowest BCUT2D eigenvalue weighted by molar-refractivity contribution is 0.414. The van der Waals surface area contributed by atoms with Crippen LogP contribution >= 0.6 is 11.6 Å². The Balaban J connectivity index is 2.42. The first kappa shape index (κ1) is 14.5. The summed E-state index contributed by atoms with van der Waals surface area (Å²) < 4.78 is 18.9. The minimum atomic E-state index is -0.393. The third-order valence-corrected chi connectivity index (χ3v) is 3.14. The second-order valence-corrected chi connectivity index (χ2v) is 4.91. The molecule has 2 aromatic rings. The summed E-state index contributed by atoms with van der Waals surface area (Å²) in [4.78, 5) is 8.09. The van der Waals surface area contributed by atoms with Crippen LogP contribution in [-0.2, 0) is 0 Å². The summed E-state index contributed by atoms with van der Waals surface area (Å²) >= 11 is 6.08. The summed E-state index contributed by atoms with van der Waals surface area (Å²) in [6, 6.07) is 4.45. The summed E-state index contributed by atoms with van der Waals surface area (Å²) in [6.45, 7) is 3.94. The number of halogens is 2. The molecule has 20 heavy (non-hydrogen) atoms. The fraction of sp³-hybridized carbons (Fsp3) is 0.286. The van der Waals surface area contributed by atoms with Crippen molar-refractivity contribution in [3.63, 3.8) is 0 Å². The Labute approximate surface area is 122 Å². The van der Waals surface area contributed by atoms with Crippen LogP contribution < -0.4 is 10.1 Å². The quantitative estimate of drug-likeness (QED) is 0.861. The Bertz CT molecular complexity index is 619. The number of rotatable bonds is 4. The monoisotopic (exact) mass is 295 g/mol. The van der Waals surface area contributed by atoms with Crippen molar-refractivity contribution < 1.29 is 9.13 Å². The molecule has 0 radical (unpaired) electrons. The number of benzene rings is 1. The van der Waals surface area contributed by atoms with Crippen molar-refractivity contribution in [2.75, 3.05) is 12.4 Å². The van der Waals surface area contributed by atoms with E-state index in [0.717, 1.165) is 5.56 Å². The molecule has 0 atom stereocenters. The molecule has 6 heteroatoms. The molecule has 1 aromatic heterocycles. The maximum Gasteiger partial charge on any atom is 0.146 e. The first-order valence-corrected chi connectivity index (χ1v) is 6.51. The van der Waals surface area contributed by atoms with Crippen molar-refractivity contribution in [3.8, 4) is 5.75 Å². The van der Waals surface area contributed by atoms with Crippen LogP contribution in [-0.4, -0.2) is 17.1 Å². The van der Waals surface area contributed by atoms with Crippen LogP contribution in [0.3, 0.4) is 0 Å². The molecule has 0 bridgehead atoms. The minimum Gasteiger partial charge on any atom is -0.497 e. The zero-order valence-electron chi connectivity index (χ0n) is 11.4. The number of nitrogens with zero attached hydrogens (tertiary/aromatic N) is 2. The van der Waals surface area contributed by atoms with Crippen LogP contribution in [0.25, 0.3) is 0 Å². The van der Waals surface area contributed by atoms with Crippen LogP contribution in [0, 0.1) is 5.82 Å². The van der Waals surface area contributed by atoms with E-state index >= 15 is 0 Å². The normalized spacial score (nSPS) is 10.7. The van der Waals surface area contributed by atoms with Crippen LogP contribution in [0.15, 0.2) is 24.5 Å². The topological polar surface area (TPSA) is 47.0 Å². The van der Waals surface area contributed by atoms with Gasteiger partial charge in [-0.1, -0.05) is 25.4 Å². The second-order valence-electron chi connectivity index (χ2n) is 4.55. The molecule has 0 unspecified atom stereocenters. The van der Waals surface area contributed by atoms with E-state index in [9.17, 15) is 4.39 Å². The molecule has 0 saturated heterocycles. The van der Waals surface area contributed by atoms with Gasteiger partial charge < -0.3 is 10.1 Å². The lowest BCUT2D eigenvalue weighted by Crippen LogP contribution is -2.04. The molecular formula is C14H15ClFN3O. The Hall–Kier alpha value is -1.88. The van der Waals surface area contributed by atoms with Crippen LogP contribution in [0.5, 0.6) is 5.75 Å². The largest absolute Gasteiger partial charge is 0.497 e. The molecule has 2 rings (SSSR count). The zero-order valence-corrected chi connectivity index (χ0v) is 12.2. The van der Waals surface area contributed by atoms with E-state index in [-0.39, 0.29) is 11.6 Å². The standard InChI is InChI=1S/C14H15ClFN3O/c1-8(2)12-13(15)17-7-18-14(12)19-11-6-9(20-3)4-5-10(11)16/h4-8H,1-3H3,(H,17,18,19). The molecule has 0 amide bonds. The zero-order chi connectivity index (χ0) is 14.7. The highest BCUT2D eigenvalue weighted by atomic mass is 35.5. The molecule has 1 N–H and O–H groups in total. The van der Waals surface area contributed by atoms with Crippen molar-refractivity contribution in [2.45, 2.75) is 19.8 Å². The maximum absolute atomic E-state index is 13.8. The Morgan fingerprint density at radius 3 is 2.70 bits per heavy atom. The van der Waals surface area contributed by atoms with Gasteiger partial charge in [0.05, 0.1) is 12.8 Å². The number of ether oxygens (including phenoxy) is 1. The van der Waals surface area contributed by atoms with Gasteiger partial charge >= 0.3 is 0 Å². The number of anilines is 2. The third kappa shape index (κ3) is 2.99. The fourth-order valence-electron chi connectivity index (χ4n) is 1.84. The van der Waals surface area contributed by atoms with E-state index in [0.29, 0.717) is 16.7 Å². The summed E-state index contributed by atoms with van der Waals surface area (Å²) in [6.07, 6.45) is 1.34.